The number of rotatable bonds is 4. The molecule has 0 saturated heterocycles. The van der Waals surface area contributed by atoms with Crippen LogP contribution >= 0.6 is 0 Å². The molecular formula is C14H20F2N2O3. The Morgan fingerprint density at radius 3 is 2.48 bits per heavy atom. The van der Waals surface area contributed by atoms with E-state index in [0.717, 1.165) is 6.07 Å². The van der Waals surface area contributed by atoms with Crippen LogP contribution in [0.1, 0.15) is 32.4 Å². The molecule has 3 N–H and O–H groups in total. The van der Waals surface area contributed by atoms with Gasteiger partial charge in [0.2, 0.25) is 0 Å². The van der Waals surface area contributed by atoms with Crippen LogP contribution in [0.5, 0.6) is 5.75 Å². The standard InChI is InChI=1S/C14H20F2N2O3/c1-14(2,3)21-13(19)18-11(7-17)9-5-8(15)6-10(16)12(9)20-4/h5-6,11H,7,17H2,1-4H3,(H,18,19). The molecular weight excluding hydrogens is 282 g/mol. The summed E-state index contributed by atoms with van der Waals surface area (Å²) in [7, 11) is 1.25. The summed E-state index contributed by atoms with van der Waals surface area (Å²) in [5, 5.41) is 2.47. The van der Waals surface area contributed by atoms with E-state index in [1.54, 1.807) is 20.8 Å². The second kappa shape index (κ2) is 6.71. The molecule has 1 amide bonds. The summed E-state index contributed by atoms with van der Waals surface area (Å²) in [6, 6.07) is 0.931. The molecule has 0 aliphatic carbocycles. The maximum atomic E-state index is 13.7. The number of amides is 1. The van der Waals surface area contributed by atoms with Crippen molar-refractivity contribution in [3.8, 4) is 5.75 Å². The van der Waals surface area contributed by atoms with Gasteiger partial charge >= 0.3 is 6.09 Å². The summed E-state index contributed by atoms with van der Waals surface area (Å²) < 4.78 is 37.0. The second-order valence-corrected chi connectivity index (χ2v) is 5.44. The van der Waals surface area contributed by atoms with Gasteiger partial charge in [-0.15, -0.1) is 0 Å². The van der Waals surface area contributed by atoms with Crippen LogP contribution in [0.25, 0.3) is 0 Å². The molecule has 0 fully saturated rings. The number of carbonyl (C=O) groups excluding carboxylic acids is 1. The van der Waals surface area contributed by atoms with Gasteiger partial charge in [0, 0.05) is 18.2 Å². The van der Waals surface area contributed by atoms with E-state index in [-0.39, 0.29) is 17.9 Å². The molecule has 7 heteroatoms. The van der Waals surface area contributed by atoms with Crippen molar-refractivity contribution in [2.75, 3.05) is 13.7 Å². The van der Waals surface area contributed by atoms with Gasteiger partial charge in [0.25, 0.3) is 0 Å². The highest BCUT2D eigenvalue weighted by Crippen LogP contribution is 2.29. The number of methoxy groups -OCH3 is 1. The maximum Gasteiger partial charge on any atom is 0.408 e. The van der Waals surface area contributed by atoms with Gasteiger partial charge in [0.15, 0.2) is 11.6 Å². The van der Waals surface area contributed by atoms with E-state index in [1.165, 1.54) is 7.11 Å². The van der Waals surface area contributed by atoms with Crippen LogP contribution in [-0.2, 0) is 4.74 Å². The summed E-state index contributed by atoms with van der Waals surface area (Å²) in [4.78, 5) is 11.8. The van der Waals surface area contributed by atoms with Crippen LogP contribution in [0, 0.1) is 11.6 Å². The van der Waals surface area contributed by atoms with Gasteiger partial charge in [-0.1, -0.05) is 0 Å². The van der Waals surface area contributed by atoms with Gasteiger partial charge in [0.1, 0.15) is 11.4 Å². The van der Waals surface area contributed by atoms with E-state index in [0.29, 0.717) is 6.07 Å². The second-order valence-electron chi connectivity index (χ2n) is 5.44. The number of hydrogen-bond donors (Lipinski definition) is 2. The van der Waals surface area contributed by atoms with Crippen LogP contribution in [-0.4, -0.2) is 25.3 Å². The van der Waals surface area contributed by atoms with Crippen molar-refractivity contribution in [1.82, 2.24) is 5.32 Å². The Morgan fingerprint density at radius 1 is 1.38 bits per heavy atom. The highest BCUT2D eigenvalue weighted by atomic mass is 19.1. The first kappa shape index (κ1) is 17.2. The van der Waals surface area contributed by atoms with E-state index in [1.807, 2.05) is 0 Å². The first-order valence-electron chi connectivity index (χ1n) is 6.40. The lowest BCUT2D eigenvalue weighted by Gasteiger charge is -2.24. The zero-order valence-corrected chi connectivity index (χ0v) is 12.5. The van der Waals surface area contributed by atoms with Gasteiger partial charge < -0.3 is 20.5 Å². The van der Waals surface area contributed by atoms with E-state index in [4.69, 9.17) is 15.2 Å². The summed E-state index contributed by atoms with van der Waals surface area (Å²) in [6.07, 6.45) is -0.732. The number of nitrogens with two attached hydrogens (primary N) is 1. The third kappa shape index (κ3) is 4.86. The fourth-order valence-corrected chi connectivity index (χ4v) is 1.77. The molecule has 1 unspecified atom stereocenters. The molecule has 118 valence electrons. The molecule has 1 rings (SSSR count). The van der Waals surface area contributed by atoms with Crippen LogP contribution in [0.2, 0.25) is 0 Å². The molecule has 0 aliphatic heterocycles. The topological polar surface area (TPSA) is 73.6 Å². The normalized spacial score (nSPS) is 12.7. The van der Waals surface area contributed by atoms with Gasteiger partial charge in [-0.3, -0.25) is 0 Å². The predicted octanol–water partition coefficient (Wildman–Crippen LogP) is 2.50. The average molecular weight is 302 g/mol. The fourth-order valence-electron chi connectivity index (χ4n) is 1.77. The highest BCUT2D eigenvalue weighted by molar-refractivity contribution is 5.68. The van der Waals surface area contributed by atoms with Gasteiger partial charge in [-0.05, 0) is 26.8 Å². The Bertz CT molecular complexity index is 516. The van der Waals surface area contributed by atoms with E-state index >= 15 is 0 Å². The molecule has 0 aliphatic rings. The molecule has 0 bridgehead atoms. The lowest BCUT2D eigenvalue weighted by Crippen LogP contribution is -2.38. The Hall–Kier alpha value is -1.89. The molecule has 5 nitrogen and oxygen atoms in total. The first-order valence-corrected chi connectivity index (χ1v) is 6.40. The number of ether oxygens (including phenoxy) is 2. The molecule has 1 aromatic rings. The summed E-state index contributed by atoms with van der Waals surface area (Å²) in [5.74, 6) is -1.81. The van der Waals surface area contributed by atoms with Crippen molar-refractivity contribution in [2.45, 2.75) is 32.4 Å². The number of carbonyl (C=O) groups is 1. The number of nitrogens with one attached hydrogen (secondary N) is 1. The number of benzene rings is 1. The maximum absolute atomic E-state index is 13.7. The zero-order valence-electron chi connectivity index (χ0n) is 12.5. The highest BCUT2D eigenvalue weighted by Gasteiger charge is 2.24. The molecule has 21 heavy (non-hydrogen) atoms. The van der Waals surface area contributed by atoms with Crippen molar-refractivity contribution in [2.24, 2.45) is 5.73 Å². The number of halogens is 2. The number of hydrogen-bond acceptors (Lipinski definition) is 4. The van der Waals surface area contributed by atoms with Crippen molar-refractivity contribution in [3.05, 3.63) is 29.3 Å². The summed E-state index contributed by atoms with van der Waals surface area (Å²) in [6.45, 7) is 5.03. The summed E-state index contributed by atoms with van der Waals surface area (Å²) in [5.41, 5.74) is 4.99. The van der Waals surface area contributed by atoms with Gasteiger partial charge in [0.05, 0.1) is 13.2 Å². The summed E-state index contributed by atoms with van der Waals surface area (Å²) >= 11 is 0. The van der Waals surface area contributed by atoms with Gasteiger partial charge in [-0.25, -0.2) is 13.6 Å². The smallest absolute Gasteiger partial charge is 0.408 e. The Labute approximate surface area is 122 Å². The lowest BCUT2D eigenvalue weighted by atomic mass is 10.1. The minimum absolute atomic E-state index is 0.0709. The largest absolute Gasteiger partial charge is 0.493 e. The van der Waals surface area contributed by atoms with Crippen molar-refractivity contribution in [3.63, 3.8) is 0 Å². The monoisotopic (exact) mass is 302 g/mol. The van der Waals surface area contributed by atoms with Crippen LogP contribution < -0.4 is 15.8 Å². The minimum atomic E-state index is -0.864. The molecule has 0 radical (unpaired) electrons. The first-order chi connectivity index (χ1) is 9.67. The molecule has 0 spiro atoms. The van der Waals surface area contributed by atoms with E-state index < -0.39 is 29.4 Å². The molecule has 0 aromatic heterocycles. The van der Waals surface area contributed by atoms with Crippen molar-refractivity contribution >= 4 is 6.09 Å². The van der Waals surface area contributed by atoms with Crippen LogP contribution in [0.4, 0.5) is 13.6 Å². The van der Waals surface area contributed by atoms with Crippen molar-refractivity contribution < 1.29 is 23.0 Å². The Morgan fingerprint density at radius 2 is 2.00 bits per heavy atom. The lowest BCUT2D eigenvalue weighted by molar-refractivity contribution is 0.0504. The van der Waals surface area contributed by atoms with Crippen molar-refractivity contribution in [1.29, 1.82) is 0 Å². The van der Waals surface area contributed by atoms with Gasteiger partial charge in [-0.2, -0.15) is 0 Å². The predicted molar refractivity (Wildman–Crippen MR) is 74.1 cm³/mol. The average Bonchev–Trinajstić information content (AvgIpc) is 2.32. The Balaban J connectivity index is 3.03. The van der Waals surface area contributed by atoms with Crippen LogP contribution in [0.3, 0.4) is 0 Å². The zero-order chi connectivity index (χ0) is 16.2. The minimum Gasteiger partial charge on any atom is -0.493 e. The number of alkyl carbamates (subject to hydrolysis) is 1. The van der Waals surface area contributed by atoms with E-state index in [9.17, 15) is 13.6 Å². The quantitative estimate of drug-likeness (QED) is 0.896. The fraction of sp³-hybridized carbons (Fsp3) is 0.500. The SMILES string of the molecule is COc1c(F)cc(F)cc1C(CN)NC(=O)OC(C)(C)C. The molecule has 0 heterocycles. The third-order valence-electron chi connectivity index (χ3n) is 2.54. The molecule has 1 aromatic carbocycles. The molecule has 0 saturated carbocycles. The van der Waals surface area contributed by atoms with E-state index in [2.05, 4.69) is 5.32 Å². The van der Waals surface area contributed by atoms with Crippen LogP contribution in [0.15, 0.2) is 12.1 Å². The Kier molecular flexibility index (Phi) is 5.48. The molecule has 1 atom stereocenters. The third-order valence-corrected chi connectivity index (χ3v) is 2.54.